The lowest BCUT2D eigenvalue weighted by atomic mass is 9.97. The summed E-state index contributed by atoms with van der Waals surface area (Å²) in [6, 6.07) is 7.36. The molecule has 1 aromatic heterocycles. The third kappa shape index (κ3) is 2.81. The minimum Gasteiger partial charge on any atom is -0.472 e. The standard InChI is InChI=1S/C16H16N2O3/c1-10(17-16(20)13-6-7-21-9-13)11-2-4-14-12(8-11)3-5-15(19)18-14/h2,4,6-10H,3,5H2,1H3,(H,17,20)(H,18,19). The smallest absolute Gasteiger partial charge is 0.255 e. The van der Waals surface area contributed by atoms with Crippen LogP contribution in [-0.4, -0.2) is 11.8 Å². The van der Waals surface area contributed by atoms with E-state index in [1.165, 1.54) is 12.5 Å². The Morgan fingerprint density at radius 1 is 1.33 bits per heavy atom. The highest BCUT2D eigenvalue weighted by Gasteiger charge is 2.17. The molecule has 2 heterocycles. The summed E-state index contributed by atoms with van der Waals surface area (Å²) in [6.45, 7) is 1.93. The van der Waals surface area contributed by atoms with Crippen LogP contribution >= 0.6 is 0 Å². The normalized spacial score (nSPS) is 15.0. The van der Waals surface area contributed by atoms with Gasteiger partial charge in [-0.2, -0.15) is 0 Å². The third-order valence-corrected chi connectivity index (χ3v) is 3.66. The molecule has 1 aliphatic heterocycles. The summed E-state index contributed by atoms with van der Waals surface area (Å²) in [6.07, 6.45) is 4.13. The summed E-state index contributed by atoms with van der Waals surface area (Å²) in [5, 5.41) is 5.78. The van der Waals surface area contributed by atoms with Crippen LogP contribution in [0.2, 0.25) is 0 Å². The van der Waals surface area contributed by atoms with E-state index in [1.54, 1.807) is 6.07 Å². The first kappa shape index (κ1) is 13.4. The molecule has 0 spiro atoms. The highest BCUT2D eigenvalue weighted by Crippen LogP contribution is 2.26. The van der Waals surface area contributed by atoms with Crippen LogP contribution < -0.4 is 10.6 Å². The van der Waals surface area contributed by atoms with Crippen LogP contribution in [0.15, 0.2) is 41.2 Å². The average Bonchev–Trinajstić information content (AvgIpc) is 3.01. The van der Waals surface area contributed by atoms with Crippen LogP contribution in [0.3, 0.4) is 0 Å². The first-order chi connectivity index (χ1) is 10.1. The third-order valence-electron chi connectivity index (χ3n) is 3.66. The second-order valence-corrected chi connectivity index (χ2v) is 5.17. The van der Waals surface area contributed by atoms with Crippen molar-refractivity contribution in [1.82, 2.24) is 5.32 Å². The van der Waals surface area contributed by atoms with E-state index >= 15 is 0 Å². The van der Waals surface area contributed by atoms with Crippen molar-refractivity contribution in [2.75, 3.05) is 5.32 Å². The molecule has 108 valence electrons. The number of carbonyl (C=O) groups is 2. The molecule has 3 rings (SSSR count). The molecule has 2 N–H and O–H groups in total. The predicted molar refractivity (Wildman–Crippen MR) is 78.0 cm³/mol. The molecule has 2 aromatic rings. The average molecular weight is 284 g/mol. The summed E-state index contributed by atoms with van der Waals surface area (Å²) in [7, 11) is 0. The molecule has 0 aliphatic carbocycles. The lowest BCUT2D eigenvalue weighted by molar-refractivity contribution is -0.116. The van der Waals surface area contributed by atoms with Crippen molar-refractivity contribution in [3.05, 3.63) is 53.5 Å². The first-order valence-electron chi connectivity index (χ1n) is 6.89. The van der Waals surface area contributed by atoms with E-state index in [0.29, 0.717) is 12.0 Å². The lowest BCUT2D eigenvalue weighted by Gasteiger charge is -2.20. The van der Waals surface area contributed by atoms with E-state index in [2.05, 4.69) is 10.6 Å². The predicted octanol–water partition coefficient (Wildman–Crippen LogP) is 2.66. The Balaban J connectivity index is 1.74. The van der Waals surface area contributed by atoms with Gasteiger partial charge in [0.05, 0.1) is 17.9 Å². The number of hydrogen-bond donors (Lipinski definition) is 2. The van der Waals surface area contributed by atoms with Gasteiger partial charge in [-0.25, -0.2) is 0 Å². The molecule has 0 radical (unpaired) electrons. The maximum Gasteiger partial charge on any atom is 0.255 e. The molecule has 0 saturated heterocycles. The molecule has 0 fully saturated rings. The molecule has 0 bridgehead atoms. The van der Waals surface area contributed by atoms with Crippen molar-refractivity contribution < 1.29 is 14.0 Å². The van der Waals surface area contributed by atoms with Crippen LogP contribution in [0.25, 0.3) is 0 Å². The van der Waals surface area contributed by atoms with E-state index in [9.17, 15) is 9.59 Å². The van der Waals surface area contributed by atoms with E-state index in [0.717, 1.165) is 23.2 Å². The van der Waals surface area contributed by atoms with E-state index in [1.807, 2.05) is 25.1 Å². The Labute approximate surface area is 122 Å². The SMILES string of the molecule is CC(NC(=O)c1ccoc1)c1ccc2c(c1)CCC(=O)N2. The van der Waals surface area contributed by atoms with E-state index in [4.69, 9.17) is 4.42 Å². The van der Waals surface area contributed by atoms with Crippen LogP contribution in [0, 0.1) is 0 Å². The van der Waals surface area contributed by atoms with Gasteiger partial charge in [-0.3, -0.25) is 9.59 Å². The van der Waals surface area contributed by atoms with Gasteiger partial charge in [0.1, 0.15) is 6.26 Å². The highest BCUT2D eigenvalue weighted by atomic mass is 16.3. The van der Waals surface area contributed by atoms with Crippen LogP contribution in [0.4, 0.5) is 5.69 Å². The number of amides is 2. The summed E-state index contributed by atoms with van der Waals surface area (Å²) in [4.78, 5) is 23.3. The second-order valence-electron chi connectivity index (χ2n) is 5.17. The molecule has 1 aliphatic rings. The molecule has 21 heavy (non-hydrogen) atoms. The molecule has 0 saturated carbocycles. The van der Waals surface area contributed by atoms with Crippen molar-refractivity contribution >= 4 is 17.5 Å². The van der Waals surface area contributed by atoms with Gasteiger partial charge in [-0.15, -0.1) is 0 Å². The number of hydrogen-bond acceptors (Lipinski definition) is 3. The monoisotopic (exact) mass is 284 g/mol. The van der Waals surface area contributed by atoms with Gasteiger partial charge < -0.3 is 15.1 Å². The minimum atomic E-state index is -0.165. The maximum atomic E-state index is 12.0. The van der Waals surface area contributed by atoms with Crippen LogP contribution in [-0.2, 0) is 11.2 Å². The minimum absolute atomic E-state index is 0.0524. The largest absolute Gasteiger partial charge is 0.472 e. The lowest BCUT2D eigenvalue weighted by Crippen LogP contribution is -2.26. The zero-order valence-corrected chi connectivity index (χ0v) is 11.7. The summed E-state index contributed by atoms with van der Waals surface area (Å²) in [5.74, 6) is -0.112. The summed E-state index contributed by atoms with van der Waals surface area (Å²) >= 11 is 0. The number of nitrogens with one attached hydrogen (secondary N) is 2. The fraction of sp³-hybridized carbons (Fsp3) is 0.250. The molecule has 2 amide bonds. The van der Waals surface area contributed by atoms with Crippen molar-refractivity contribution in [3.8, 4) is 0 Å². The van der Waals surface area contributed by atoms with Gasteiger partial charge in [0.2, 0.25) is 5.91 Å². The number of carbonyl (C=O) groups excluding carboxylic acids is 2. The molecule has 5 heteroatoms. The summed E-state index contributed by atoms with van der Waals surface area (Å²) < 4.78 is 4.91. The second kappa shape index (κ2) is 5.44. The van der Waals surface area contributed by atoms with E-state index in [-0.39, 0.29) is 17.9 Å². The number of anilines is 1. The maximum absolute atomic E-state index is 12.0. The molecule has 1 unspecified atom stereocenters. The number of aryl methyl sites for hydroxylation is 1. The van der Waals surface area contributed by atoms with Crippen molar-refractivity contribution in [2.24, 2.45) is 0 Å². The van der Waals surface area contributed by atoms with Crippen molar-refractivity contribution in [2.45, 2.75) is 25.8 Å². The van der Waals surface area contributed by atoms with Crippen molar-refractivity contribution in [3.63, 3.8) is 0 Å². The van der Waals surface area contributed by atoms with Crippen LogP contribution in [0.5, 0.6) is 0 Å². The van der Waals surface area contributed by atoms with Crippen LogP contribution in [0.1, 0.15) is 40.9 Å². The van der Waals surface area contributed by atoms with Gasteiger partial charge in [0, 0.05) is 12.1 Å². The molecular weight excluding hydrogens is 268 g/mol. The van der Waals surface area contributed by atoms with Gasteiger partial charge >= 0.3 is 0 Å². The molecule has 1 atom stereocenters. The molecular formula is C16H16N2O3. The molecule has 1 aromatic carbocycles. The number of fused-ring (bicyclic) bond motifs is 1. The zero-order valence-electron chi connectivity index (χ0n) is 11.7. The van der Waals surface area contributed by atoms with Gasteiger partial charge in [0.15, 0.2) is 0 Å². The van der Waals surface area contributed by atoms with Gasteiger partial charge in [-0.1, -0.05) is 12.1 Å². The Morgan fingerprint density at radius 3 is 2.95 bits per heavy atom. The fourth-order valence-electron chi connectivity index (χ4n) is 2.43. The first-order valence-corrected chi connectivity index (χ1v) is 6.89. The Kier molecular flexibility index (Phi) is 3.48. The molecule has 5 nitrogen and oxygen atoms in total. The Morgan fingerprint density at radius 2 is 2.19 bits per heavy atom. The number of rotatable bonds is 3. The quantitative estimate of drug-likeness (QED) is 0.910. The number of benzene rings is 1. The fourth-order valence-corrected chi connectivity index (χ4v) is 2.43. The highest BCUT2D eigenvalue weighted by molar-refractivity contribution is 5.94. The zero-order chi connectivity index (χ0) is 14.8. The van der Waals surface area contributed by atoms with E-state index < -0.39 is 0 Å². The Hall–Kier alpha value is -2.56. The van der Waals surface area contributed by atoms with Crippen molar-refractivity contribution in [1.29, 1.82) is 0 Å². The number of furan rings is 1. The Bertz CT molecular complexity index is 677. The van der Waals surface area contributed by atoms with Gasteiger partial charge in [-0.05, 0) is 36.6 Å². The van der Waals surface area contributed by atoms with Gasteiger partial charge in [0.25, 0.3) is 5.91 Å². The topological polar surface area (TPSA) is 71.3 Å². The summed E-state index contributed by atoms with van der Waals surface area (Å²) in [5.41, 5.74) is 3.49.